The first-order chi connectivity index (χ1) is 9.08. The van der Waals surface area contributed by atoms with E-state index in [1.807, 2.05) is 0 Å². The zero-order chi connectivity index (χ0) is 13.8. The summed E-state index contributed by atoms with van der Waals surface area (Å²) >= 11 is 0. The van der Waals surface area contributed by atoms with Gasteiger partial charge in [0.15, 0.2) is 5.78 Å². The van der Waals surface area contributed by atoms with Crippen molar-refractivity contribution in [3.63, 3.8) is 0 Å². The van der Waals surface area contributed by atoms with E-state index in [1.165, 1.54) is 19.1 Å². The number of rotatable bonds is 4. The van der Waals surface area contributed by atoms with Crippen LogP contribution in [0, 0.1) is 11.6 Å². The number of carbonyl (C=O) groups excluding carboxylic acids is 1. The van der Waals surface area contributed by atoms with Crippen LogP contribution in [0.4, 0.5) is 8.78 Å². The minimum atomic E-state index is -0.666. The van der Waals surface area contributed by atoms with Crippen molar-refractivity contribution in [3.8, 4) is 5.75 Å². The van der Waals surface area contributed by atoms with Crippen molar-refractivity contribution in [2.45, 2.75) is 13.5 Å². The van der Waals surface area contributed by atoms with Crippen molar-refractivity contribution in [2.75, 3.05) is 0 Å². The molecular weight excluding hydrogens is 250 g/mol. The number of halogens is 2. The number of ether oxygens (including phenoxy) is 1. The van der Waals surface area contributed by atoms with Crippen LogP contribution in [0.2, 0.25) is 0 Å². The maximum Gasteiger partial charge on any atom is 0.163 e. The van der Waals surface area contributed by atoms with E-state index in [1.54, 1.807) is 24.3 Å². The summed E-state index contributed by atoms with van der Waals surface area (Å²) in [5, 5.41) is 0. The number of ketones is 1. The van der Waals surface area contributed by atoms with Crippen LogP contribution in [0.3, 0.4) is 0 Å². The lowest BCUT2D eigenvalue weighted by atomic mass is 10.1. The molecule has 0 aliphatic rings. The van der Waals surface area contributed by atoms with Gasteiger partial charge in [0, 0.05) is 11.6 Å². The molecule has 0 atom stereocenters. The predicted molar refractivity (Wildman–Crippen MR) is 67.1 cm³/mol. The van der Waals surface area contributed by atoms with Gasteiger partial charge in [-0.05, 0) is 31.2 Å². The van der Waals surface area contributed by atoms with Crippen LogP contribution < -0.4 is 4.74 Å². The summed E-state index contributed by atoms with van der Waals surface area (Å²) in [6.07, 6.45) is 0. The average molecular weight is 262 g/mol. The van der Waals surface area contributed by atoms with Crippen LogP contribution in [-0.2, 0) is 6.61 Å². The molecule has 2 aromatic carbocycles. The van der Waals surface area contributed by atoms with Gasteiger partial charge in [0.25, 0.3) is 0 Å². The summed E-state index contributed by atoms with van der Waals surface area (Å²) in [5.74, 6) is -1.04. The molecule has 0 heterocycles. The standard InChI is InChI=1S/C15H12F2O2/c1-10(18)13-4-2-3-5-15(13)19-9-11-6-7-12(16)8-14(11)17/h2-8H,9H2,1H3. The molecule has 2 rings (SSSR count). The second-order valence-corrected chi connectivity index (χ2v) is 4.08. The summed E-state index contributed by atoms with van der Waals surface area (Å²) in [4.78, 5) is 11.4. The van der Waals surface area contributed by atoms with Crippen LogP contribution in [0.25, 0.3) is 0 Å². The highest BCUT2D eigenvalue weighted by atomic mass is 19.1. The Hall–Kier alpha value is -2.23. The average Bonchev–Trinajstić information content (AvgIpc) is 2.38. The van der Waals surface area contributed by atoms with Gasteiger partial charge in [-0.2, -0.15) is 0 Å². The molecule has 0 aliphatic carbocycles. The molecule has 0 spiro atoms. The summed E-state index contributed by atoms with van der Waals surface area (Å²) in [5.41, 5.74) is 0.671. The van der Waals surface area contributed by atoms with E-state index in [0.29, 0.717) is 11.3 Å². The van der Waals surface area contributed by atoms with Crippen molar-refractivity contribution in [3.05, 3.63) is 65.2 Å². The first-order valence-corrected chi connectivity index (χ1v) is 5.74. The van der Waals surface area contributed by atoms with Crippen LogP contribution in [-0.4, -0.2) is 5.78 Å². The Morgan fingerprint density at radius 2 is 1.89 bits per heavy atom. The molecule has 0 radical (unpaired) electrons. The number of carbonyl (C=O) groups is 1. The molecule has 2 aromatic rings. The van der Waals surface area contributed by atoms with Gasteiger partial charge in [0.1, 0.15) is 24.0 Å². The maximum absolute atomic E-state index is 13.4. The van der Waals surface area contributed by atoms with E-state index in [-0.39, 0.29) is 18.0 Å². The molecular formula is C15H12F2O2. The molecule has 0 saturated heterocycles. The Morgan fingerprint density at radius 3 is 2.58 bits per heavy atom. The summed E-state index contributed by atoms with van der Waals surface area (Å²) in [7, 11) is 0. The normalized spacial score (nSPS) is 10.3. The van der Waals surface area contributed by atoms with Crippen LogP contribution in [0.15, 0.2) is 42.5 Å². The Morgan fingerprint density at radius 1 is 1.16 bits per heavy atom. The minimum Gasteiger partial charge on any atom is -0.488 e. The predicted octanol–water partition coefficient (Wildman–Crippen LogP) is 3.75. The third-order valence-electron chi connectivity index (χ3n) is 2.66. The molecule has 0 bridgehead atoms. The third kappa shape index (κ3) is 3.16. The van der Waals surface area contributed by atoms with Crippen molar-refractivity contribution in [1.82, 2.24) is 0 Å². The van der Waals surface area contributed by atoms with Gasteiger partial charge < -0.3 is 4.74 Å². The van der Waals surface area contributed by atoms with Gasteiger partial charge in [-0.15, -0.1) is 0 Å². The maximum atomic E-state index is 13.4. The van der Waals surface area contributed by atoms with E-state index >= 15 is 0 Å². The molecule has 0 aromatic heterocycles. The highest BCUT2D eigenvalue weighted by molar-refractivity contribution is 5.96. The summed E-state index contributed by atoms with van der Waals surface area (Å²) in [6.45, 7) is 1.37. The van der Waals surface area contributed by atoms with E-state index in [9.17, 15) is 13.6 Å². The fraction of sp³-hybridized carbons (Fsp3) is 0.133. The zero-order valence-electron chi connectivity index (χ0n) is 10.3. The summed E-state index contributed by atoms with van der Waals surface area (Å²) in [6, 6.07) is 10.0. The van der Waals surface area contributed by atoms with Gasteiger partial charge in [0.05, 0.1) is 5.56 Å². The quantitative estimate of drug-likeness (QED) is 0.784. The largest absolute Gasteiger partial charge is 0.488 e. The Kier molecular flexibility index (Phi) is 3.90. The van der Waals surface area contributed by atoms with Gasteiger partial charge in [-0.3, -0.25) is 4.79 Å². The molecule has 98 valence electrons. The fourth-order valence-corrected chi connectivity index (χ4v) is 1.68. The van der Waals surface area contributed by atoms with Crippen LogP contribution >= 0.6 is 0 Å². The van der Waals surface area contributed by atoms with Crippen molar-refractivity contribution in [2.24, 2.45) is 0 Å². The molecule has 4 heteroatoms. The van der Waals surface area contributed by atoms with E-state index < -0.39 is 11.6 Å². The molecule has 0 N–H and O–H groups in total. The number of Topliss-reactive ketones (excluding diaryl/α,β-unsaturated/α-hetero) is 1. The molecule has 2 nitrogen and oxygen atoms in total. The Balaban J connectivity index is 2.17. The lowest BCUT2D eigenvalue weighted by Gasteiger charge is -2.10. The molecule has 0 fully saturated rings. The van der Waals surface area contributed by atoms with Crippen LogP contribution in [0.1, 0.15) is 22.8 Å². The van der Waals surface area contributed by atoms with Gasteiger partial charge in [-0.1, -0.05) is 12.1 Å². The van der Waals surface area contributed by atoms with E-state index in [4.69, 9.17) is 4.74 Å². The van der Waals surface area contributed by atoms with Crippen molar-refractivity contribution >= 4 is 5.78 Å². The highest BCUT2D eigenvalue weighted by Gasteiger charge is 2.09. The van der Waals surface area contributed by atoms with Crippen molar-refractivity contribution in [1.29, 1.82) is 0 Å². The first-order valence-electron chi connectivity index (χ1n) is 5.74. The molecule has 0 amide bonds. The molecule has 0 unspecified atom stereocenters. The number of hydrogen-bond donors (Lipinski definition) is 0. The SMILES string of the molecule is CC(=O)c1ccccc1OCc1ccc(F)cc1F. The molecule has 0 saturated carbocycles. The Labute approximate surface area is 109 Å². The minimum absolute atomic E-state index is 0.0591. The van der Waals surface area contributed by atoms with E-state index in [2.05, 4.69) is 0 Å². The monoisotopic (exact) mass is 262 g/mol. The first kappa shape index (κ1) is 13.2. The second kappa shape index (κ2) is 5.61. The zero-order valence-corrected chi connectivity index (χ0v) is 10.3. The van der Waals surface area contributed by atoms with Gasteiger partial charge in [0.2, 0.25) is 0 Å². The lowest BCUT2D eigenvalue weighted by molar-refractivity contribution is 0.101. The molecule has 19 heavy (non-hydrogen) atoms. The number of hydrogen-bond acceptors (Lipinski definition) is 2. The number of benzene rings is 2. The van der Waals surface area contributed by atoms with E-state index in [0.717, 1.165) is 6.07 Å². The molecule has 0 aliphatic heterocycles. The highest BCUT2D eigenvalue weighted by Crippen LogP contribution is 2.20. The van der Waals surface area contributed by atoms with Crippen LogP contribution in [0.5, 0.6) is 5.75 Å². The smallest absolute Gasteiger partial charge is 0.163 e. The van der Waals surface area contributed by atoms with Crippen molar-refractivity contribution < 1.29 is 18.3 Å². The van der Waals surface area contributed by atoms with Gasteiger partial charge >= 0.3 is 0 Å². The third-order valence-corrected chi connectivity index (χ3v) is 2.66. The second-order valence-electron chi connectivity index (χ2n) is 4.08. The number of para-hydroxylation sites is 1. The lowest BCUT2D eigenvalue weighted by Crippen LogP contribution is -2.03. The summed E-state index contributed by atoms with van der Waals surface area (Å²) < 4.78 is 31.6. The topological polar surface area (TPSA) is 26.3 Å². The Bertz CT molecular complexity index is 609. The van der Waals surface area contributed by atoms with Gasteiger partial charge in [-0.25, -0.2) is 8.78 Å². The fourth-order valence-electron chi connectivity index (χ4n) is 1.68.